The van der Waals surface area contributed by atoms with Crippen LogP contribution in [0.1, 0.15) is 31.9 Å². The highest BCUT2D eigenvalue weighted by atomic mass is 79.9. The molecule has 2 nitrogen and oxygen atoms in total. The number of hydrogen-bond acceptors (Lipinski definition) is 2. The molecule has 0 saturated heterocycles. The van der Waals surface area contributed by atoms with E-state index in [-0.39, 0.29) is 6.15 Å². The summed E-state index contributed by atoms with van der Waals surface area (Å²) in [6, 6.07) is 16.7. The van der Waals surface area contributed by atoms with E-state index in [0.717, 1.165) is 21.6 Å². The smallest absolute Gasteiger partial charge is 0.0516 e. The SMILES string of the molecule is CC(C)CC(Nc1ccc(Br)cc1)c1ccc(Cl)cc1.N. The second-order valence-corrected chi connectivity index (χ2v) is 6.74. The molecule has 0 aliphatic carbocycles. The van der Waals surface area contributed by atoms with Gasteiger partial charge in [0.2, 0.25) is 0 Å². The van der Waals surface area contributed by atoms with E-state index in [9.17, 15) is 0 Å². The van der Waals surface area contributed by atoms with Gasteiger partial charge in [0.15, 0.2) is 0 Å². The van der Waals surface area contributed by atoms with Crippen molar-refractivity contribution in [2.24, 2.45) is 5.92 Å². The summed E-state index contributed by atoms with van der Waals surface area (Å²) in [6.45, 7) is 4.48. The Morgan fingerprint density at radius 1 is 1.00 bits per heavy atom. The van der Waals surface area contributed by atoms with Gasteiger partial charge in [-0.3, -0.25) is 0 Å². The minimum Gasteiger partial charge on any atom is -0.378 e. The highest BCUT2D eigenvalue weighted by Gasteiger charge is 2.13. The average Bonchev–Trinajstić information content (AvgIpc) is 2.41. The molecule has 0 aliphatic heterocycles. The van der Waals surface area contributed by atoms with Gasteiger partial charge in [-0.15, -0.1) is 0 Å². The van der Waals surface area contributed by atoms with Gasteiger partial charge in [0.1, 0.15) is 0 Å². The first kappa shape index (κ1) is 18.0. The van der Waals surface area contributed by atoms with E-state index in [0.29, 0.717) is 12.0 Å². The second-order valence-electron chi connectivity index (χ2n) is 5.38. The highest BCUT2D eigenvalue weighted by molar-refractivity contribution is 9.10. The Balaban J connectivity index is 0.00000220. The lowest BCUT2D eigenvalue weighted by molar-refractivity contribution is 0.531. The van der Waals surface area contributed by atoms with Crippen molar-refractivity contribution in [1.29, 1.82) is 0 Å². The zero-order valence-corrected chi connectivity index (χ0v) is 14.8. The summed E-state index contributed by atoms with van der Waals surface area (Å²) < 4.78 is 1.09. The van der Waals surface area contributed by atoms with Crippen LogP contribution in [0.3, 0.4) is 0 Å². The lowest BCUT2D eigenvalue weighted by Gasteiger charge is -2.22. The number of rotatable bonds is 5. The van der Waals surface area contributed by atoms with Crippen LogP contribution in [-0.4, -0.2) is 0 Å². The molecule has 114 valence electrons. The first-order valence-corrected chi connectivity index (χ1v) is 7.99. The third-order valence-corrected chi connectivity index (χ3v) is 3.95. The van der Waals surface area contributed by atoms with Crippen molar-refractivity contribution in [3.63, 3.8) is 0 Å². The summed E-state index contributed by atoms with van der Waals surface area (Å²) >= 11 is 9.44. The summed E-state index contributed by atoms with van der Waals surface area (Å²) in [5, 5.41) is 4.39. The van der Waals surface area contributed by atoms with E-state index < -0.39 is 0 Å². The Hall–Kier alpha value is -1.03. The fraction of sp³-hybridized carbons (Fsp3) is 0.294. The van der Waals surface area contributed by atoms with Gasteiger partial charge in [-0.25, -0.2) is 0 Å². The first-order chi connectivity index (χ1) is 9.54. The minimum absolute atomic E-state index is 0. The van der Waals surface area contributed by atoms with Gasteiger partial charge in [-0.05, 0) is 54.3 Å². The molecule has 0 bridgehead atoms. The number of halogens is 2. The maximum atomic E-state index is 5.97. The molecule has 0 fully saturated rings. The summed E-state index contributed by atoms with van der Waals surface area (Å²) in [5.41, 5.74) is 2.40. The third kappa shape index (κ3) is 5.70. The molecular formula is C17H22BrClN2. The predicted octanol–water partition coefficient (Wildman–Crippen LogP) is 6.46. The van der Waals surface area contributed by atoms with Gasteiger partial charge in [-0.2, -0.15) is 0 Å². The van der Waals surface area contributed by atoms with Crippen molar-refractivity contribution in [1.82, 2.24) is 6.15 Å². The fourth-order valence-corrected chi connectivity index (χ4v) is 2.58. The number of hydrogen-bond donors (Lipinski definition) is 2. The quantitative estimate of drug-likeness (QED) is 0.635. The van der Waals surface area contributed by atoms with Crippen molar-refractivity contribution in [3.05, 3.63) is 63.6 Å². The van der Waals surface area contributed by atoms with Gasteiger partial charge in [0.25, 0.3) is 0 Å². The van der Waals surface area contributed by atoms with E-state index in [1.807, 2.05) is 12.1 Å². The summed E-state index contributed by atoms with van der Waals surface area (Å²) in [7, 11) is 0. The topological polar surface area (TPSA) is 47.0 Å². The normalized spacial score (nSPS) is 11.9. The Kier molecular flexibility index (Phi) is 7.23. The summed E-state index contributed by atoms with van der Waals surface area (Å²) in [5.74, 6) is 0.624. The molecule has 0 radical (unpaired) electrons. The number of nitrogens with one attached hydrogen (secondary N) is 1. The van der Waals surface area contributed by atoms with E-state index in [1.54, 1.807) is 0 Å². The van der Waals surface area contributed by atoms with Crippen LogP contribution in [0.4, 0.5) is 5.69 Å². The van der Waals surface area contributed by atoms with Crippen LogP contribution in [0, 0.1) is 5.92 Å². The van der Waals surface area contributed by atoms with Gasteiger partial charge >= 0.3 is 0 Å². The lowest BCUT2D eigenvalue weighted by Crippen LogP contribution is -2.13. The third-order valence-electron chi connectivity index (χ3n) is 3.16. The van der Waals surface area contributed by atoms with Crippen LogP contribution in [0.2, 0.25) is 5.02 Å². The largest absolute Gasteiger partial charge is 0.378 e. The molecule has 0 heterocycles. The number of anilines is 1. The molecule has 0 aromatic heterocycles. The summed E-state index contributed by atoms with van der Waals surface area (Å²) in [6.07, 6.45) is 1.08. The monoisotopic (exact) mass is 368 g/mol. The Morgan fingerprint density at radius 2 is 1.57 bits per heavy atom. The maximum absolute atomic E-state index is 5.97. The van der Waals surface area contributed by atoms with Crippen LogP contribution < -0.4 is 11.5 Å². The molecule has 0 spiro atoms. The van der Waals surface area contributed by atoms with Crippen LogP contribution in [0.15, 0.2) is 53.0 Å². The van der Waals surface area contributed by atoms with Crippen molar-refractivity contribution >= 4 is 33.2 Å². The molecule has 1 unspecified atom stereocenters. The van der Waals surface area contributed by atoms with E-state index in [1.165, 1.54) is 5.56 Å². The van der Waals surface area contributed by atoms with Crippen LogP contribution in [0.25, 0.3) is 0 Å². The second kappa shape index (κ2) is 8.42. The molecule has 2 rings (SSSR count). The average molecular weight is 370 g/mol. The van der Waals surface area contributed by atoms with Gasteiger partial charge in [0, 0.05) is 15.2 Å². The predicted molar refractivity (Wildman–Crippen MR) is 96.4 cm³/mol. The van der Waals surface area contributed by atoms with Crippen molar-refractivity contribution in [2.75, 3.05) is 5.32 Å². The van der Waals surface area contributed by atoms with Crippen LogP contribution in [0.5, 0.6) is 0 Å². The molecule has 0 amide bonds. The summed E-state index contributed by atoms with van der Waals surface area (Å²) in [4.78, 5) is 0. The highest BCUT2D eigenvalue weighted by Crippen LogP contribution is 2.27. The zero-order chi connectivity index (χ0) is 14.5. The molecule has 1 atom stereocenters. The first-order valence-electron chi connectivity index (χ1n) is 6.82. The lowest BCUT2D eigenvalue weighted by atomic mass is 9.97. The fourth-order valence-electron chi connectivity index (χ4n) is 2.19. The van der Waals surface area contributed by atoms with Gasteiger partial charge < -0.3 is 11.5 Å². The van der Waals surface area contributed by atoms with E-state index in [2.05, 4.69) is 71.5 Å². The van der Waals surface area contributed by atoms with Gasteiger partial charge in [-0.1, -0.05) is 53.5 Å². The minimum atomic E-state index is 0. The Bertz CT molecular complexity index is 538. The molecule has 21 heavy (non-hydrogen) atoms. The van der Waals surface area contributed by atoms with E-state index >= 15 is 0 Å². The molecular weight excluding hydrogens is 348 g/mol. The standard InChI is InChI=1S/C17H19BrClN.H3N/c1-12(2)11-17(13-3-7-15(19)8-4-13)20-16-9-5-14(18)6-10-16;/h3-10,12,17,20H,11H2,1-2H3;1H3. The molecule has 4 heteroatoms. The van der Waals surface area contributed by atoms with Crippen molar-refractivity contribution in [3.8, 4) is 0 Å². The molecule has 2 aromatic carbocycles. The Morgan fingerprint density at radius 3 is 2.10 bits per heavy atom. The van der Waals surface area contributed by atoms with E-state index in [4.69, 9.17) is 11.6 Å². The van der Waals surface area contributed by atoms with Crippen LogP contribution >= 0.6 is 27.5 Å². The molecule has 2 aromatic rings. The molecule has 0 saturated carbocycles. The zero-order valence-electron chi connectivity index (χ0n) is 12.4. The molecule has 0 aliphatic rings. The maximum Gasteiger partial charge on any atom is 0.0516 e. The van der Waals surface area contributed by atoms with Gasteiger partial charge in [0.05, 0.1) is 6.04 Å². The van der Waals surface area contributed by atoms with Crippen molar-refractivity contribution < 1.29 is 0 Å². The van der Waals surface area contributed by atoms with Crippen LogP contribution in [-0.2, 0) is 0 Å². The Labute approximate surface area is 140 Å². The number of benzene rings is 2. The molecule has 4 N–H and O–H groups in total. The van der Waals surface area contributed by atoms with Crippen molar-refractivity contribution in [2.45, 2.75) is 26.3 Å².